The van der Waals surface area contributed by atoms with Gasteiger partial charge in [0.2, 0.25) is 0 Å². The number of halogens is 1. The van der Waals surface area contributed by atoms with Crippen LogP contribution in [0.3, 0.4) is 0 Å². The van der Waals surface area contributed by atoms with Crippen molar-refractivity contribution in [2.24, 2.45) is 5.92 Å². The fourth-order valence-electron chi connectivity index (χ4n) is 1.55. The summed E-state index contributed by atoms with van der Waals surface area (Å²) in [5.74, 6) is 0.517. The monoisotopic (exact) mass is 291 g/mol. The molecule has 0 aliphatic rings. The highest BCUT2D eigenvalue weighted by Gasteiger charge is 2.06. The van der Waals surface area contributed by atoms with Gasteiger partial charge in [0.15, 0.2) is 0 Å². The van der Waals surface area contributed by atoms with E-state index in [-0.39, 0.29) is 6.10 Å². The summed E-state index contributed by atoms with van der Waals surface area (Å²) in [5, 5.41) is 14.7. The van der Waals surface area contributed by atoms with Crippen LogP contribution in [0.15, 0.2) is 15.9 Å². The van der Waals surface area contributed by atoms with Crippen LogP contribution in [0.2, 0.25) is 0 Å². The summed E-state index contributed by atoms with van der Waals surface area (Å²) in [6.07, 6.45) is 0.661. The summed E-state index contributed by atoms with van der Waals surface area (Å²) in [7, 11) is 0. The first kappa shape index (κ1) is 13.2. The van der Waals surface area contributed by atoms with Gasteiger partial charge in [0.05, 0.1) is 6.10 Å². The van der Waals surface area contributed by atoms with Crippen molar-refractivity contribution < 1.29 is 5.11 Å². The Kier molecular flexibility index (Phi) is 5.82. The average molecular weight is 292 g/mol. The molecule has 0 aliphatic heterocycles. The summed E-state index contributed by atoms with van der Waals surface area (Å²) in [5.41, 5.74) is 0. The zero-order valence-corrected chi connectivity index (χ0v) is 11.6. The minimum absolute atomic E-state index is 0.199. The van der Waals surface area contributed by atoms with Gasteiger partial charge in [0.25, 0.3) is 0 Å². The third kappa shape index (κ3) is 5.11. The lowest BCUT2D eigenvalue weighted by molar-refractivity contribution is 0.163. The first-order valence-electron chi connectivity index (χ1n) is 5.20. The van der Waals surface area contributed by atoms with Crippen LogP contribution in [-0.2, 0) is 6.54 Å². The Morgan fingerprint density at radius 3 is 2.80 bits per heavy atom. The quantitative estimate of drug-likeness (QED) is 0.845. The molecule has 2 N–H and O–H groups in total. The van der Waals surface area contributed by atoms with Gasteiger partial charge in [-0.1, -0.05) is 6.92 Å². The largest absolute Gasteiger partial charge is 0.393 e. The molecule has 1 rings (SSSR count). The number of nitrogens with one attached hydrogen (secondary N) is 1. The van der Waals surface area contributed by atoms with Gasteiger partial charge in [-0.05, 0) is 53.2 Å². The molecule has 0 saturated carbocycles. The second-order valence-corrected chi connectivity index (χ2v) is 5.87. The molecule has 0 amide bonds. The van der Waals surface area contributed by atoms with Crippen molar-refractivity contribution in [1.82, 2.24) is 5.32 Å². The van der Waals surface area contributed by atoms with E-state index in [9.17, 15) is 5.11 Å². The lowest BCUT2D eigenvalue weighted by atomic mass is 10.1. The molecule has 0 spiro atoms. The molecule has 1 aromatic heterocycles. The van der Waals surface area contributed by atoms with Crippen molar-refractivity contribution in [2.45, 2.75) is 32.9 Å². The van der Waals surface area contributed by atoms with E-state index in [0.29, 0.717) is 5.92 Å². The van der Waals surface area contributed by atoms with E-state index in [1.165, 1.54) is 9.35 Å². The molecular weight excluding hydrogens is 274 g/mol. The summed E-state index contributed by atoms with van der Waals surface area (Å²) >= 11 is 5.26. The topological polar surface area (TPSA) is 32.3 Å². The van der Waals surface area contributed by atoms with Gasteiger partial charge < -0.3 is 10.4 Å². The smallest absolute Gasteiger partial charge is 0.0515 e. The highest BCUT2D eigenvalue weighted by atomic mass is 79.9. The normalized spacial score (nSPS) is 15.2. The number of thiophene rings is 1. The molecule has 1 heterocycles. The molecule has 1 aromatic rings. The van der Waals surface area contributed by atoms with E-state index in [1.807, 2.05) is 6.92 Å². The zero-order chi connectivity index (χ0) is 11.3. The van der Waals surface area contributed by atoms with E-state index < -0.39 is 0 Å². The van der Waals surface area contributed by atoms with E-state index in [1.54, 1.807) is 11.3 Å². The maximum absolute atomic E-state index is 9.22. The molecule has 4 heteroatoms. The maximum atomic E-state index is 9.22. The molecular formula is C11H18BrNOS. The van der Waals surface area contributed by atoms with Gasteiger partial charge in [-0.2, -0.15) is 0 Å². The molecule has 86 valence electrons. The summed E-state index contributed by atoms with van der Waals surface area (Å²) in [6.45, 7) is 5.85. The van der Waals surface area contributed by atoms with Crippen LogP contribution in [0.5, 0.6) is 0 Å². The SMILES string of the molecule is C[C@H](CNCc1sccc1Br)C[C@H](C)O. The van der Waals surface area contributed by atoms with E-state index in [4.69, 9.17) is 0 Å². The number of aliphatic hydroxyl groups is 1. The van der Waals surface area contributed by atoms with Crippen molar-refractivity contribution in [3.05, 3.63) is 20.8 Å². The number of rotatable bonds is 6. The molecule has 0 fully saturated rings. The number of hydrogen-bond acceptors (Lipinski definition) is 3. The number of hydrogen-bond donors (Lipinski definition) is 2. The summed E-state index contributed by atoms with van der Waals surface area (Å²) < 4.78 is 1.18. The van der Waals surface area contributed by atoms with Crippen LogP contribution < -0.4 is 5.32 Å². The van der Waals surface area contributed by atoms with Gasteiger partial charge >= 0.3 is 0 Å². The summed E-state index contributed by atoms with van der Waals surface area (Å²) in [4.78, 5) is 1.33. The Hall–Kier alpha value is 0.1000. The van der Waals surface area contributed by atoms with Crippen LogP contribution in [-0.4, -0.2) is 17.8 Å². The predicted molar refractivity (Wildman–Crippen MR) is 69.2 cm³/mol. The second kappa shape index (κ2) is 6.63. The third-order valence-corrected chi connectivity index (χ3v) is 4.14. The predicted octanol–water partition coefficient (Wildman–Crippen LogP) is 3.01. The van der Waals surface area contributed by atoms with Gasteiger partial charge in [0.1, 0.15) is 0 Å². The van der Waals surface area contributed by atoms with Crippen LogP contribution in [0.1, 0.15) is 25.1 Å². The minimum Gasteiger partial charge on any atom is -0.393 e. The Labute approximate surface area is 104 Å². The van der Waals surface area contributed by atoms with Crippen molar-refractivity contribution in [3.8, 4) is 0 Å². The van der Waals surface area contributed by atoms with Gasteiger partial charge in [-0.15, -0.1) is 11.3 Å². The lowest BCUT2D eigenvalue weighted by Gasteiger charge is -2.13. The Bertz CT molecular complexity index is 288. The fourth-order valence-corrected chi connectivity index (χ4v) is 3.01. The molecule has 0 radical (unpaired) electrons. The standard InChI is InChI=1S/C11H18BrNOS/c1-8(5-9(2)14)6-13-7-11-10(12)3-4-15-11/h3-4,8-9,13-14H,5-7H2,1-2H3/t8-,9-/m0/s1. The summed E-state index contributed by atoms with van der Waals surface area (Å²) in [6, 6.07) is 2.07. The molecule has 0 bridgehead atoms. The number of aliphatic hydroxyl groups excluding tert-OH is 1. The first-order valence-corrected chi connectivity index (χ1v) is 6.87. The van der Waals surface area contributed by atoms with Crippen LogP contribution in [0, 0.1) is 5.92 Å². The average Bonchev–Trinajstić information content (AvgIpc) is 2.50. The molecule has 2 nitrogen and oxygen atoms in total. The molecule has 2 atom stereocenters. The highest BCUT2D eigenvalue weighted by Crippen LogP contribution is 2.22. The van der Waals surface area contributed by atoms with E-state index >= 15 is 0 Å². The van der Waals surface area contributed by atoms with Gasteiger partial charge in [-0.3, -0.25) is 0 Å². The highest BCUT2D eigenvalue weighted by molar-refractivity contribution is 9.10. The maximum Gasteiger partial charge on any atom is 0.0515 e. The molecule has 0 aliphatic carbocycles. The van der Waals surface area contributed by atoms with Crippen molar-refractivity contribution in [1.29, 1.82) is 0 Å². The fraction of sp³-hybridized carbons (Fsp3) is 0.636. The van der Waals surface area contributed by atoms with Crippen molar-refractivity contribution in [3.63, 3.8) is 0 Å². The lowest BCUT2D eigenvalue weighted by Crippen LogP contribution is -2.22. The van der Waals surface area contributed by atoms with Crippen molar-refractivity contribution in [2.75, 3.05) is 6.54 Å². The van der Waals surface area contributed by atoms with Crippen LogP contribution in [0.4, 0.5) is 0 Å². The second-order valence-electron chi connectivity index (χ2n) is 4.01. The van der Waals surface area contributed by atoms with Crippen molar-refractivity contribution >= 4 is 27.3 Å². The van der Waals surface area contributed by atoms with Gasteiger partial charge in [0, 0.05) is 15.9 Å². The Balaban J connectivity index is 2.19. The Morgan fingerprint density at radius 2 is 2.27 bits per heavy atom. The van der Waals surface area contributed by atoms with Crippen LogP contribution in [0.25, 0.3) is 0 Å². The van der Waals surface area contributed by atoms with E-state index in [2.05, 4.69) is 39.6 Å². The van der Waals surface area contributed by atoms with E-state index in [0.717, 1.165) is 19.5 Å². The zero-order valence-electron chi connectivity index (χ0n) is 9.16. The molecule has 15 heavy (non-hydrogen) atoms. The molecule has 0 aromatic carbocycles. The first-order chi connectivity index (χ1) is 7.09. The molecule has 0 saturated heterocycles. The van der Waals surface area contributed by atoms with Gasteiger partial charge in [-0.25, -0.2) is 0 Å². The molecule has 0 unspecified atom stereocenters. The minimum atomic E-state index is -0.199. The Morgan fingerprint density at radius 1 is 1.53 bits per heavy atom. The third-order valence-electron chi connectivity index (χ3n) is 2.21. The van der Waals surface area contributed by atoms with Crippen LogP contribution >= 0.6 is 27.3 Å².